The van der Waals surface area contributed by atoms with Crippen LogP contribution in [0.2, 0.25) is 0 Å². The van der Waals surface area contributed by atoms with Crippen molar-refractivity contribution in [3.63, 3.8) is 0 Å². The summed E-state index contributed by atoms with van der Waals surface area (Å²) in [7, 11) is -0.909. The van der Waals surface area contributed by atoms with Crippen molar-refractivity contribution in [1.29, 1.82) is 0 Å². The number of anilines is 1. The van der Waals surface area contributed by atoms with Gasteiger partial charge < -0.3 is 9.73 Å². The molecule has 3 rings (SSSR count). The van der Waals surface area contributed by atoms with E-state index in [1.165, 1.54) is 31.5 Å². The second kappa shape index (κ2) is 7.24. The first-order valence-electron chi connectivity index (χ1n) is 7.87. The summed E-state index contributed by atoms with van der Waals surface area (Å²) < 4.78 is 30.0. The van der Waals surface area contributed by atoms with Crippen LogP contribution in [0.25, 0.3) is 0 Å². The number of piperidine rings is 1. The minimum atomic E-state index is -3.71. The summed E-state index contributed by atoms with van der Waals surface area (Å²) in [6, 6.07) is 1.21. The van der Waals surface area contributed by atoms with Gasteiger partial charge in [-0.1, -0.05) is 0 Å². The lowest BCUT2D eigenvalue weighted by molar-refractivity contribution is 0.102. The van der Waals surface area contributed by atoms with Crippen molar-refractivity contribution in [2.75, 3.05) is 32.5 Å². The Kier molecular flexibility index (Phi) is 5.23. The lowest BCUT2D eigenvalue weighted by Crippen LogP contribution is -2.26. The van der Waals surface area contributed by atoms with Gasteiger partial charge in [-0.2, -0.15) is 0 Å². The molecule has 1 saturated heterocycles. The highest BCUT2D eigenvalue weighted by atomic mass is 32.2. The summed E-state index contributed by atoms with van der Waals surface area (Å²) in [4.78, 5) is 17.7. The monoisotopic (exact) mass is 384 g/mol. The molecule has 2 aromatic rings. The standard InChI is InChI=1S/C15H20N4O4S2/c1-19(2)25(21,22)13-7-11(9-23-13)14(20)18-15-17-8-12(24-15)10-3-5-16-6-4-10/h7-10,16H,3-6H2,1-2H3,(H,17,18,20). The molecule has 2 N–H and O–H groups in total. The zero-order valence-corrected chi connectivity index (χ0v) is 15.6. The Morgan fingerprint density at radius 1 is 1.40 bits per heavy atom. The number of furan rings is 1. The van der Waals surface area contributed by atoms with E-state index < -0.39 is 15.9 Å². The third-order valence-corrected chi connectivity index (χ3v) is 6.82. The number of rotatable bonds is 5. The van der Waals surface area contributed by atoms with Crippen molar-refractivity contribution in [3.8, 4) is 0 Å². The largest absolute Gasteiger partial charge is 0.451 e. The average Bonchev–Trinajstić information content (AvgIpc) is 3.25. The molecule has 0 saturated carbocycles. The van der Waals surface area contributed by atoms with Crippen LogP contribution in [0.15, 0.2) is 28.0 Å². The Balaban J connectivity index is 1.69. The number of nitrogens with zero attached hydrogens (tertiary/aromatic N) is 2. The van der Waals surface area contributed by atoms with Gasteiger partial charge in [0.05, 0.1) is 5.56 Å². The maximum absolute atomic E-state index is 12.3. The van der Waals surface area contributed by atoms with E-state index in [4.69, 9.17) is 4.42 Å². The molecule has 136 valence electrons. The Hall–Kier alpha value is -1.75. The van der Waals surface area contributed by atoms with Gasteiger partial charge in [0, 0.05) is 31.2 Å². The lowest BCUT2D eigenvalue weighted by Gasteiger charge is -2.20. The fraction of sp³-hybridized carbons (Fsp3) is 0.467. The van der Waals surface area contributed by atoms with Crippen LogP contribution >= 0.6 is 11.3 Å². The quantitative estimate of drug-likeness (QED) is 0.813. The van der Waals surface area contributed by atoms with E-state index in [1.54, 1.807) is 6.20 Å². The molecule has 8 nitrogen and oxygen atoms in total. The number of carbonyl (C=O) groups is 1. The van der Waals surface area contributed by atoms with Gasteiger partial charge in [0.1, 0.15) is 6.26 Å². The van der Waals surface area contributed by atoms with Crippen molar-refractivity contribution in [2.45, 2.75) is 23.9 Å². The number of hydrogen-bond acceptors (Lipinski definition) is 7. The third kappa shape index (κ3) is 3.92. The zero-order valence-electron chi connectivity index (χ0n) is 14.0. The lowest BCUT2D eigenvalue weighted by atomic mass is 9.97. The normalized spacial score (nSPS) is 16.3. The molecule has 25 heavy (non-hydrogen) atoms. The minimum absolute atomic E-state index is 0.138. The topological polar surface area (TPSA) is 105 Å². The first-order valence-corrected chi connectivity index (χ1v) is 10.1. The van der Waals surface area contributed by atoms with Crippen LogP contribution in [-0.2, 0) is 10.0 Å². The van der Waals surface area contributed by atoms with Gasteiger partial charge in [-0.15, -0.1) is 11.3 Å². The van der Waals surface area contributed by atoms with E-state index >= 15 is 0 Å². The molecule has 0 radical (unpaired) electrons. The molecule has 1 aliphatic heterocycles. The molecule has 0 aromatic carbocycles. The molecule has 0 atom stereocenters. The SMILES string of the molecule is CN(C)S(=O)(=O)c1cc(C(=O)Nc2ncc(C3CCNCC3)s2)co1. The maximum Gasteiger partial charge on any atom is 0.275 e. The number of amides is 1. The smallest absolute Gasteiger partial charge is 0.275 e. The van der Waals surface area contributed by atoms with E-state index in [0.29, 0.717) is 11.0 Å². The van der Waals surface area contributed by atoms with Gasteiger partial charge in [0.15, 0.2) is 5.13 Å². The van der Waals surface area contributed by atoms with Crippen molar-refractivity contribution in [1.82, 2.24) is 14.6 Å². The highest BCUT2D eigenvalue weighted by Crippen LogP contribution is 2.31. The van der Waals surface area contributed by atoms with Crippen molar-refractivity contribution in [2.24, 2.45) is 0 Å². The van der Waals surface area contributed by atoms with Crippen LogP contribution in [0.3, 0.4) is 0 Å². The maximum atomic E-state index is 12.3. The Morgan fingerprint density at radius 2 is 2.12 bits per heavy atom. The molecule has 0 aliphatic carbocycles. The average molecular weight is 384 g/mol. The van der Waals surface area contributed by atoms with Crippen LogP contribution < -0.4 is 10.6 Å². The van der Waals surface area contributed by atoms with Gasteiger partial charge in [0.25, 0.3) is 15.9 Å². The molecular formula is C15H20N4O4S2. The molecule has 1 aliphatic rings. The van der Waals surface area contributed by atoms with Crippen LogP contribution in [0.4, 0.5) is 5.13 Å². The fourth-order valence-corrected chi connectivity index (χ4v) is 4.35. The number of nitrogens with one attached hydrogen (secondary N) is 2. The van der Waals surface area contributed by atoms with E-state index in [1.807, 2.05) is 0 Å². The van der Waals surface area contributed by atoms with Crippen molar-refractivity contribution < 1.29 is 17.6 Å². The molecule has 10 heteroatoms. The molecule has 3 heterocycles. The summed E-state index contributed by atoms with van der Waals surface area (Å²) in [6.07, 6.45) is 5.05. The van der Waals surface area contributed by atoms with Gasteiger partial charge in [-0.05, 0) is 31.8 Å². The van der Waals surface area contributed by atoms with Gasteiger partial charge in [0.2, 0.25) is 5.09 Å². The van der Waals surface area contributed by atoms with E-state index in [9.17, 15) is 13.2 Å². The number of aromatic nitrogens is 1. The summed E-state index contributed by atoms with van der Waals surface area (Å²) in [5.41, 5.74) is 0.138. The summed E-state index contributed by atoms with van der Waals surface area (Å²) in [6.45, 7) is 1.98. The van der Waals surface area contributed by atoms with Gasteiger partial charge >= 0.3 is 0 Å². The Labute approximate surface area is 150 Å². The van der Waals surface area contributed by atoms with Crippen LogP contribution in [-0.4, -0.2) is 50.8 Å². The number of carbonyl (C=O) groups excluding carboxylic acids is 1. The minimum Gasteiger partial charge on any atom is -0.451 e. The summed E-state index contributed by atoms with van der Waals surface area (Å²) in [5.74, 6) is 0.0188. The number of hydrogen-bond donors (Lipinski definition) is 2. The second-order valence-corrected chi connectivity index (χ2v) is 9.13. The summed E-state index contributed by atoms with van der Waals surface area (Å²) >= 11 is 1.45. The molecular weight excluding hydrogens is 364 g/mol. The van der Waals surface area contributed by atoms with Crippen molar-refractivity contribution >= 4 is 32.4 Å². The third-order valence-electron chi connectivity index (χ3n) is 4.06. The van der Waals surface area contributed by atoms with Crippen LogP contribution in [0.5, 0.6) is 0 Å². The molecule has 0 unspecified atom stereocenters. The van der Waals surface area contributed by atoms with E-state index in [0.717, 1.165) is 41.4 Å². The van der Waals surface area contributed by atoms with Gasteiger partial charge in [-0.3, -0.25) is 10.1 Å². The molecule has 2 aromatic heterocycles. The van der Waals surface area contributed by atoms with Gasteiger partial charge in [-0.25, -0.2) is 17.7 Å². The molecule has 0 spiro atoms. The molecule has 0 bridgehead atoms. The predicted octanol–water partition coefficient (Wildman–Crippen LogP) is 1.71. The van der Waals surface area contributed by atoms with E-state index in [-0.39, 0.29) is 10.7 Å². The van der Waals surface area contributed by atoms with E-state index in [2.05, 4.69) is 15.6 Å². The van der Waals surface area contributed by atoms with Crippen molar-refractivity contribution in [3.05, 3.63) is 29.0 Å². The molecule has 1 fully saturated rings. The number of sulfonamides is 1. The highest BCUT2D eigenvalue weighted by molar-refractivity contribution is 7.88. The first kappa shape index (κ1) is 18.1. The summed E-state index contributed by atoms with van der Waals surface area (Å²) in [5, 5.41) is 6.25. The highest BCUT2D eigenvalue weighted by Gasteiger charge is 2.24. The number of thiazole rings is 1. The molecule has 1 amide bonds. The second-order valence-electron chi connectivity index (χ2n) is 5.99. The first-order chi connectivity index (χ1) is 11.9. The van der Waals surface area contributed by atoms with Crippen LogP contribution in [0, 0.1) is 0 Å². The Bertz CT molecular complexity index is 851. The van der Waals surface area contributed by atoms with Crippen LogP contribution in [0.1, 0.15) is 34.0 Å². The predicted molar refractivity (Wildman–Crippen MR) is 94.5 cm³/mol. The zero-order chi connectivity index (χ0) is 18.0. The fourth-order valence-electron chi connectivity index (χ4n) is 2.56. The Morgan fingerprint density at radius 3 is 2.80 bits per heavy atom.